The number of carbonyl (C=O) groups excluding carboxylic acids is 2. The van der Waals surface area contributed by atoms with E-state index in [2.05, 4.69) is 0 Å². The molecule has 1 aliphatic rings. The number of allylic oxidation sites excluding steroid dienone is 4. The van der Waals surface area contributed by atoms with E-state index in [-0.39, 0.29) is 0 Å². The average molecular weight is 171 g/mol. The average Bonchev–Trinajstić information content (AvgIpc) is 2.26. The summed E-state index contributed by atoms with van der Waals surface area (Å²) < 4.78 is 0. The molecule has 0 aromatic carbocycles. The maximum Gasteiger partial charge on any atom is 0.151 e. The summed E-state index contributed by atoms with van der Waals surface area (Å²) in [6, 6.07) is 0. The summed E-state index contributed by atoms with van der Waals surface area (Å²) >= 11 is 5.69. The van der Waals surface area contributed by atoms with Crippen LogP contribution in [0.1, 0.15) is 13.3 Å². The molecule has 3 heteroatoms. The van der Waals surface area contributed by atoms with Gasteiger partial charge >= 0.3 is 0 Å². The van der Waals surface area contributed by atoms with Gasteiger partial charge in [-0.2, -0.15) is 0 Å². The maximum atomic E-state index is 10.4. The van der Waals surface area contributed by atoms with Crippen LogP contribution in [0.4, 0.5) is 0 Å². The Morgan fingerprint density at radius 1 is 1.36 bits per heavy atom. The third-order valence-corrected chi connectivity index (χ3v) is 2.12. The summed E-state index contributed by atoms with van der Waals surface area (Å²) in [7, 11) is 0. The van der Waals surface area contributed by atoms with Crippen LogP contribution in [0.3, 0.4) is 0 Å². The Kier molecular flexibility index (Phi) is 2.25. The van der Waals surface area contributed by atoms with Gasteiger partial charge < -0.3 is 0 Å². The highest BCUT2D eigenvalue weighted by Gasteiger charge is 2.18. The molecule has 1 rings (SSSR count). The summed E-state index contributed by atoms with van der Waals surface area (Å²) in [5, 5.41) is 0.472. The number of hydrogen-bond acceptors (Lipinski definition) is 2. The molecule has 0 aromatic rings. The van der Waals surface area contributed by atoms with Crippen molar-refractivity contribution in [2.75, 3.05) is 0 Å². The molecule has 0 aromatic heterocycles. The summed E-state index contributed by atoms with van der Waals surface area (Å²) in [5.41, 5.74) is 1.78. The zero-order valence-corrected chi connectivity index (χ0v) is 6.81. The highest BCUT2D eigenvalue weighted by Crippen LogP contribution is 2.31. The molecule has 1 aliphatic carbocycles. The van der Waals surface area contributed by atoms with Crippen LogP contribution >= 0.6 is 11.6 Å². The molecule has 0 atom stereocenters. The van der Waals surface area contributed by atoms with Crippen LogP contribution in [0.25, 0.3) is 0 Å². The fourth-order valence-corrected chi connectivity index (χ4v) is 1.38. The zero-order valence-electron chi connectivity index (χ0n) is 6.06. The van der Waals surface area contributed by atoms with Crippen molar-refractivity contribution in [2.24, 2.45) is 0 Å². The minimum atomic E-state index is 0.408. The largest absolute Gasteiger partial charge is 0.298 e. The Balaban J connectivity index is 3.08. The van der Waals surface area contributed by atoms with E-state index in [4.69, 9.17) is 11.6 Å². The van der Waals surface area contributed by atoms with Crippen LogP contribution in [-0.2, 0) is 9.59 Å². The Morgan fingerprint density at radius 3 is 2.27 bits per heavy atom. The van der Waals surface area contributed by atoms with Crippen molar-refractivity contribution in [3.63, 3.8) is 0 Å². The van der Waals surface area contributed by atoms with Crippen molar-refractivity contribution in [1.82, 2.24) is 0 Å². The van der Waals surface area contributed by atoms with Gasteiger partial charge in [0.15, 0.2) is 6.29 Å². The van der Waals surface area contributed by atoms with Crippen LogP contribution < -0.4 is 0 Å². The first-order valence-corrected chi connectivity index (χ1v) is 3.57. The van der Waals surface area contributed by atoms with Crippen molar-refractivity contribution in [2.45, 2.75) is 13.3 Å². The van der Waals surface area contributed by atoms with Gasteiger partial charge in [-0.3, -0.25) is 9.59 Å². The van der Waals surface area contributed by atoms with Crippen LogP contribution in [0.5, 0.6) is 0 Å². The number of hydrogen-bond donors (Lipinski definition) is 0. The van der Waals surface area contributed by atoms with E-state index in [1.807, 2.05) is 0 Å². The third-order valence-electron chi connectivity index (χ3n) is 1.78. The Labute approximate surface area is 69.5 Å². The minimum absolute atomic E-state index is 0.408. The van der Waals surface area contributed by atoms with Gasteiger partial charge in [-0.05, 0) is 12.5 Å². The lowest BCUT2D eigenvalue weighted by Gasteiger charge is -1.92. The van der Waals surface area contributed by atoms with Crippen LogP contribution in [0.15, 0.2) is 21.8 Å². The molecular weight excluding hydrogens is 164 g/mol. The van der Waals surface area contributed by atoms with E-state index < -0.39 is 0 Å². The predicted molar refractivity (Wildman–Crippen MR) is 42.3 cm³/mol. The normalized spacial score (nSPS) is 17.6. The van der Waals surface area contributed by atoms with E-state index in [1.165, 1.54) is 0 Å². The topological polar surface area (TPSA) is 34.1 Å². The Morgan fingerprint density at radius 2 is 2.00 bits per heavy atom. The predicted octanol–water partition coefficient (Wildman–Crippen LogP) is 1.60. The van der Waals surface area contributed by atoms with Gasteiger partial charge in [-0.15, -0.1) is 0 Å². The van der Waals surface area contributed by atoms with Crippen molar-refractivity contribution in [1.29, 1.82) is 0 Å². The standard InChI is InChI=1S/C8H7ClO2/c1-5-6(3-10)2-8(9)7(5)4-11/h3-4H,2H2,1H3. The number of rotatable bonds is 2. The summed E-state index contributed by atoms with van der Waals surface area (Å²) in [5.74, 6) is 0. The fraction of sp³-hybridized carbons (Fsp3) is 0.250. The molecule has 0 spiro atoms. The third kappa shape index (κ3) is 1.26. The van der Waals surface area contributed by atoms with Crippen LogP contribution in [-0.4, -0.2) is 12.6 Å². The molecule has 58 valence electrons. The van der Waals surface area contributed by atoms with Gasteiger partial charge in [0.1, 0.15) is 6.29 Å². The SMILES string of the molecule is CC1=C(C=O)CC(Cl)=C1C=O. The van der Waals surface area contributed by atoms with Crippen molar-refractivity contribution < 1.29 is 9.59 Å². The van der Waals surface area contributed by atoms with Crippen LogP contribution in [0, 0.1) is 0 Å². The molecule has 2 nitrogen and oxygen atoms in total. The molecule has 0 amide bonds. The second-order valence-corrected chi connectivity index (χ2v) is 2.84. The van der Waals surface area contributed by atoms with Gasteiger partial charge in [0.25, 0.3) is 0 Å². The lowest BCUT2D eigenvalue weighted by molar-refractivity contribution is -0.105. The van der Waals surface area contributed by atoms with E-state index in [0.717, 1.165) is 6.29 Å². The second kappa shape index (κ2) is 3.01. The molecule has 0 fully saturated rings. The molecular formula is C8H7ClO2. The number of aldehydes is 2. The van der Waals surface area contributed by atoms with Gasteiger partial charge in [-0.25, -0.2) is 0 Å². The molecule has 0 heterocycles. The maximum absolute atomic E-state index is 10.4. The highest BCUT2D eigenvalue weighted by atomic mass is 35.5. The zero-order chi connectivity index (χ0) is 8.43. The quantitative estimate of drug-likeness (QED) is 0.590. The van der Waals surface area contributed by atoms with Gasteiger partial charge in [0, 0.05) is 22.6 Å². The molecule has 0 saturated carbocycles. The summed E-state index contributed by atoms with van der Waals surface area (Å²) in [6.45, 7) is 1.73. The van der Waals surface area contributed by atoms with E-state index in [0.29, 0.717) is 34.5 Å². The smallest absolute Gasteiger partial charge is 0.151 e. The number of carbonyl (C=O) groups is 2. The van der Waals surface area contributed by atoms with Crippen LogP contribution in [0.2, 0.25) is 0 Å². The first-order chi connectivity index (χ1) is 5.20. The summed E-state index contributed by atoms with van der Waals surface area (Å²) in [4.78, 5) is 20.8. The Bertz CT molecular complexity index is 274. The van der Waals surface area contributed by atoms with Crippen molar-refractivity contribution >= 4 is 24.2 Å². The first-order valence-electron chi connectivity index (χ1n) is 3.19. The molecule has 0 unspecified atom stereocenters. The highest BCUT2D eigenvalue weighted by molar-refractivity contribution is 6.32. The molecule has 0 N–H and O–H groups in total. The molecule has 0 saturated heterocycles. The van der Waals surface area contributed by atoms with Crippen molar-refractivity contribution in [3.8, 4) is 0 Å². The van der Waals surface area contributed by atoms with E-state index in [9.17, 15) is 9.59 Å². The second-order valence-electron chi connectivity index (χ2n) is 2.38. The first kappa shape index (κ1) is 8.21. The molecule has 0 bridgehead atoms. The van der Waals surface area contributed by atoms with Gasteiger partial charge in [0.05, 0.1) is 0 Å². The monoisotopic (exact) mass is 170 g/mol. The van der Waals surface area contributed by atoms with E-state index in [1.54, 1.807) is 6.92 Å². The molecule has 0 aliphatic heterocycles. The number of halogens is 1. The van der Waals surface area contributed by atoms with Gasteiger partial charge in [-0.1, -0.05) is 11.6 Å². The Hall–Kier alpha value is -0.890. The lowest BCUT2D eigenvalue weighted by atomic mass is 10.1. The molecule has 0 radical (unpaired) electrons. The minimum Gasteiger partial charge on any atom is -0.298 e. The van der Waals surface area contributed by atoms with Gasteiger partial charge in [0.2, 0.25) is 0 Å². The summed E-state index contributed by atoms with van der Waals surface area (Å²) in [6.07, 6.45) is 1.84. The fourth-order valence-electron chi connectivity index (χ4n) is 1.05. The van der Waals surface area contributed by atoms with Crippen molar-refractivity contribution in [3.05, 3.63) is 21.8 Å². The van der Waals surface area contributed by atoms with E-state index >= 15 is 0 Å². The lowest BCUT2D eigenvalue weighted by Crippen LogP contribution is -1.86. The molecule has 11 heavy (non-hydrogen) atoms.